The molecule has 0 unspecified atom stereocenters. The summed E-state index contributed by atoms with van der Waals surface area (Å²) in [5, 5.41) is 0.453. The number of fused-ring (bicyclic) bond motifs is 1. The van der Waals surface area contributed by atoms with Gasteiger partial charge in [0.1, 0.15) is 19.5 Å². The summed E-state index contributed by atoms with van der Waals surface area (Å²) >= 11 is 1.25. The molecular weight excluding hydrogens is 412 g/mol. The third-order valence-electron chi connectivity index (χ3n) is 4.30. The van der Waals surface area contributed by atoms with Crippen molar-refractivity contribution >= 4 is 42.4 Å². The molecule has 0 spiro atoms. The molecule has 0 N–H and O–H groups in total. The van der Waals surface area contributed by atoms with Gasteiger partial charge >= 0.3 is 0 Å². The number of aromatic nitrogens is 1. The van der Waals surface area contributed by atoms with E-state index in [-0.39, 0.29) is 16.6 Å². The van der Waals surface area contributed by atoms with Gasteiger partial charge in [0.15, 0.2) is 15.0 Å². The molecule has 3 aromatic rings. The van der Waals surface area contributed by atoms with Crippen molar-refractivity contribution in [2.75, 3.05) is 24.4 Å². The average molecular weight is 431 g/mol. The van der Waals surface area contributed by atoms with Gasteiger partial charge in [-0.25, -0.2) is 13.4 Å². The van der Waals surface area contributed by atoms with Crippen molar-refractivity contribution in [3.05, 3.63) is 66.1 Å². The van der Waals surface area contributed by atoms with E-state index in [4.69, 9.17) is 9.47 Å². The standard InChI is InChI=1S/C20H18N2O5S2/c1-29(24,25)15-7-8-16-18(11-15)28-20(21-16)22(12-14-5-3-2-4-6-14)19(23)17-13-26-9-10-27-17/h2-8,11,13H,9-10,12H2,1H3. The average Bonchev–Trinajstić information content (AvgIpc) is 3.15. The van der Waals surface area contributed by atoms with Crippen LogP contribution < -0.4 is 4.90 Å². The van der Waals surface area contributed by atoms with Crippen molar-refractivity contribution < 1.29 is 22.7 Å². The highest BCUT2D eigenvalue weighted by molar-refractivity contribution is 7.90. The number of carbonyl (C=O) groups excluding carboxylic acids is 1. The van der Waals surface area contributed by atoms with E-state index < -0.39 is 9.84 Å². The monoisotopic (exact) mass is 430 g/mol. The summed E-state index contributed by atoms with van der Waals surface area (Å²) in [5.41, 5.74) is 1.55. The Morgan fingerprint density at radius 1 is 1.17 bits per heavy atom. The van der Waals surface area contributed by atoms with E-state index in [9.17, 15) is 13.2 Å². The van der Waals surface area contributed by atoms with Gasteiger partial charge in [-0.2, -0.15) is 0 Å². The highest BCUT2D eigenvalue weighted by atomic mass is 32.2. The highest BCUT2D eigenvalue weighted by Crippen LogP contribution is 2.32. The van der Waals surface area contributed by atoms with Crippen molar-refractivity contribution in [3.63, 3.8) is 0 Å². The molecule has 0 saturated heterocycles. The first kappa shape index (κ1) is 19.4. The molecule has 150 valence electrons. The van der Waals surface area contributed by atoms with Crippen LogP contribution in [0.25, 0.3) is 10.2 Å². The topological polar surface area (TPSA) is 85.8 Å². The highest BCUT2D eigenvalue weighted by Gasteiger charge is 2.26. The second-order valence-electron chi connectivity index (χ2n) is 6.48. The van der Waals surface area contributed by atoms with E-state index >= 15 is 0 Å². The van der Waals surface area contributed by atoms with Crippen molar-refractivity contribution in [3.8, 4) is 0 Å². The number of carbonyl (C=O) groups is 1. The lowest BCUT2D eigenvalue weighted by Crippen LogP contribution is -2.33. The van der Waals surface area contributed by atoms with Gasteiger partial charge in [0, 0.05) is 6.26 Å². The van der Waals surface area contributed by atoms with Crippen LogP contribution in [0.1, 0.15) is 5.56 Å². The van der Waals surface area contributed by atoms with Gasteiger partial charge in [0.25, 0.3) is 5.91 Å². The molecule has 1 amide bonds. The zero-order valence-corrected chi connectivity index (χ0v) is 17.2. The normalized spacial score (nSPS) is 14.0. The fourth-order valence-electron chi connectivity index (χ4n) is 2.84. The SMILES string of the molecule is CS(=O)(=O)c1ccc2nc(N(Cc3ccccc3)C(=O)C3=COCCO3)sc2c1. The largest absolute Gasteiger partial charge is 0.494 e. The Labute approximate surface area is 172 Å². The lowest BCUT2D eigenvalue weighted by Gasteiger charge is -2.23. The summed E-state index contributed by atoms with van der Waals surface area (Å²) in [5.74, 6) is -0.251. The number of benzene rings is 2. The molecular formula is C20H18N2O5S2. The van der Waals surface area contributed by atoms with E-state index in [0.717, 1.165) is 11.8 Å². The molecule has 1 aliphatic heterocycles. The van der Waals surface area contributed by atoms with Gasteiger partial charge in [-0.3, -0.25) is 9.69 Å². The minimum Gasteiger partial charge on any atom is -0.494 e. The maximum Gasteiger partial charge on any atom is 0.298 e. The van der Waals surface area contributed by atoms with Gasteiger partial charge in [0.2, 0.25) is 5.76 Å². The number of thiazole rings is 1. The van der Waals surface area contributed by atoms with Crippen LogP contribution in [0.15, 0.2) is 65.4 Å². The minimum absolute atomic E-state index is 0.114. The second-order valence-corrected chi connectivity index (χ2v) is 9.50. The Morgan fingerprint density at radius 3 is 2.66 bits per heavy atom. The Bertz CT molecular complexity index is 1190. The summed E-state index contributed by atoms with van der Waals surface area (Å²) in [6.07, 6.45) is 2.48. The van der Waals surface area contributed by atoms with Crippen LogP contribution in [0, 0.1) is 0 Å². The van der Waals surface area contributed by atoms with Crippen LogP contribution in [0.2, 0.25) is 0 Å². The predicted molar refractivity (Wildman–Crippen MR) is 110 cm³/mol. The lowest BCUT2D eigenvalue weighted by molar-refractivity contribution is -0.119. The summed E-state index contributed by atoms with van der Waals surface area (Å²) in [6, 6.07) is 14.3. The van der Waals surface area contributed by atoms with Crippen LogP contribution in [0.3, 0.4) is 0 Å². The zero-order valence-electron chi connectivity index (χ0n) is 15.6. The molecule has 9 heteroatoms. The minimum atomic E-state index is -3.33. The number of nitrogens with zero attached hydrogens (tertiary/aromatic N) is 2. The molecule has 1 aliphatic rings. The number of hydrogen-bond donors (Lipinski definition) is 0. The van der Waals surface area contributed by atoms with Crippen molar-refractivity contribution in [1.82, 2.24) is 4.98 Å². The van der Waals surface area contributed by atoms with Crippen LogP contribution in [0.5, 0.6) is 0 Å². The molecule has 0 aliphatic carbocycles. The fraction of sp³-hybridized carbons (Fsp3) is 0.200. The van der Waals surface area contributed by atoms with Crippen LogP contribution in [-0.4, -0.2) is 38.8 Å². The number of sulfone groups is 1. The van der Waals surface area contributed by atoms with E-state index in [1.165, 1.54) is 28.6 Å². The third-order valence-corrected chi connectivity index (χ3v) is 6.45. The molecule has 4 rings (SSSR count). The summed E-state index contributed by atoms with van der Waals surface area (Å²) < 4.78 is 35.1. The first-order chi connectivity index (χ1) is 13.9. The van der Waals surface area contributed by atoms with Crippen molar-refractivity contribution in [2.24, 2.45) is 0 Å². The molecule has 0 bridgehead atoms. The molecule has 0 atom stereocenters. The van der Waals surface area contributed by atoms with Gasteiger partial charge in [-0.05, 0) is 23.8 Å². The molecule has 0 saturated carbocycles. The quantitative estimate of drug-likeness (QED) is 0.618. The zero-order chi connectivity index (χ0) is 20.4. The summed E-state index contributed by atoms with van der Waals surface area (Å²) in [4.78, 5) is 19.4. The number of hydrogen-bond acceptors (Lipinski definition) is 7. The Kier molecular flexibility index (Phi) is 5.25. The van der Waals surface area contributed by atoms with E-state index in [1.807, 2.05) is 30.3 Å². The molecule has 7 nitrogen and oxygen atoms in total. The fourth-order valence-corrected chi connectivity index (χ4v) is 4.57. The Morgan fingerprint density at radius 2 is 1.97 bits per heavy atom. The molecule has 1 aromatic heterocycles. The van der Waals surface area contributed by atoms with Gasteiger partial charge in [-0.1, -0.05) is 41.7 Å². The van der Waals surface area contributed by atoms with E-state index in [2.05, 4.69) is 4.98 Å². The maximum absolute atomic E-state index is 13.1. The molecule has 29 heavy (non-hydrogen) atoms. The summed E-state index contributed by atoms with van der Waals surface area (Å²) in [7, 11) is -3.33. The van der Waals surface area contributed by atoms with Crippen LogP contribution in [0.4, 0.5) is 5.13 Å². The van der Waals surface area contributed by atoms with Gasteiger partial charge in [0.05, 0.1) is 21.7 Å². The Hall–Kier alpha value is -2.91. The maximum atomic E-state index is 13.1. The third kappa shape index (κ3) is 4.25. The Balaban J connectivity index is 1.75. The predicted octanol–water partition coefficient (Wildman–Crippen LogP) is 3.12. The van der Waals surface area contributed by atoms with Crippen molar-refractivity contribution in [1.29, 1.82) is 0 Å². The first-order valence-corrected chi connectivity index (χ1v) is 11.5. The van der Waals surface area contributed by atoms with E-state index in [1.54, 1.807) is 12.1 Å². The number of ether oxygens (including phenoxy) is 2. The summed E-state index contributed by atoms with van der Waals surface area (Å²) in [6.45, 7) is 0.984. The van der Waals surface area contributed by atoms with Crippen LogP contribution >= 0.6 is 11.3 Å². The number of amides is 1. The molecule has 0 fully saturated rings. The lowest BCUT2D eigenvalue weighted by atomic mass is 10.2. The molecule has 0 radical (unpaired) electrons. The smallest absolute Gasteiger partial charge is 0.298 e. The van der Waals surface area contributed by atoms with Crippen LogP contribution in [-0.2, 0) is 30.7 Å². The first-order valence-electron chi connectivity index (χ1n) is 8.83. The number of rotatable bonds is 5. The van der Waals surface area contributed by atoms with E-state index in [0.29, 0.717) is 35.1 Å². The number of anilines is 1. The molecule has 2 aromatic carbocycles. The van der Waals surface area contributed by atoms with Gasteiger partial charge in [-0.15, -0.1) is 0 Å². The van der Waals surface area contributed by atoms with Gasteiger partial charge < -0.3 is 9.47 Å². The second kappa shape index (κ2) is 7.84. The molecule has 2 heterocycles. The van der Waals surface area contributed by atoms with Crippen molar-refractivity contribution in [2.45, 2.75) is 11.4 Å².